The van der Waals surface area contributed by atoms with Crippen LogP contribution in [0.4, 0.5) is 0 Å². The van der Waals surface area contributed by atoms with Crippen molar-refractivity contribution in [2.75, 3.05) is 0 Å². The third kappa shape index (κ3) is 5.38. The van der Waals surface area contributed by atoms with E-state index in [0.717, 1.165) is 11.1 Å². The number of halogens is 2. The first-order chi connectivity index (χ1) is 11.0. The van der Waals surface area contributed by atoms with Crippen molar-refractivity contribution in [3.05, 3.63) is 69.7 Å². The topological polar surface area (TPSA) is 61.2 Å². The van der Waals surface area contributed by atoms with Gasteiger partial charge in [-0.1, -0.05) is 59.6 Å². The molecule has 0 saturated carbocycles. The van der Waals surface area contributed by atoms with Crippen molar-refractivity contribution < 1.29 is 9.90 Å². The van der Waals surface area contributed by atoms with Crippen LogP contribution in [0.5, 0.6) is 0 Å². The van der Waals surface area contributed by atoms with E-state index in [1.54, 1.807) is 18.2 Å². The van der Waals surface area contributed by atoms with Crippen molar-refractivity contribution in [1.82, 2.24) is 0 Å². The van der Waals surface area contributed by atoms with Gasteiger partial charge in [-0.2, -0.15) is 0 Å². The molecule has 0 aliphatic rings. The van der Waals surface area contributed by atoms with Crippen LogP contribution in [0.3, 0.4) is 0 Å². The van der Waals surface area contributed by atoms with Crippen LogP contribution in [0.15, 0.2) is 48.5 Å². The van der Waals surface area contributed by atoms with Gasteiger partial charge in [0.15, 0.2) is 0 Å². The summed E-state index contributed by atoms with van der Waals surface area (Å²) >= 11 is 11.8. The summed E-state index contributed by atoms with van der Waals surface area (Å²) in [6.45, 7) is 0. The fourth-order valence-electron chi connectivity index (χ4n) is 2.41. The molecule has 3 nitrogen and oxygen atoms in total. The molecule has 0 bridgehead atoms. The molecule has 2 aromatic rings. The Morgan fingerprint density at radius 1 is 1.04 bits per heavy atom. The number of benzene rings is 2. The molecule has 0 aliphatic carbocycles. The van der Waals surface area contributed by atoms with Crippen molar-refractivity contribution in [1.29, 1.82) is 5.41 Å². The van der Waals surface area contributed by atoms with Gasteiger partial charge in [0, 0.05) is 12.1 Å². The van der Waals surface area contributed by atoms with Gasteiger partial charge in [0.05, 0.1) is 16.0 Å². The second-order valence-corrected chi connectivity index (χ2v) is 6.27. The van der Waals surface area contributed by atoms with Gasteiger partial charge >= 0.3 is 5.97 Å². The number of carbonyl (C=O) groups is 1. The average molecular weight is 350 g/mol. The van der Waals surface area contributed by atoms with Crippen LogP contribution in [-0.2, 0) is 17.6 Å². The summed E-state index contributed by atoms with van der Waals surface area (Å²) in [5.74, 6) is -1.56. The molecule has 1 atom stereocenters. The highest BCUT2D eigenvalue weighted by molar-refractivity contribution is 6.42. The third-order valence-electron chi connectivity index (χ3n) is 3.57. The lowest BCUT2D eigenvalue weighted by atomic mass is 9.92. The molecule has 5 heteroatoms. The SMILES string of the molecule is N=C(Cc1ccccc1)CC(Cc1ccc(Cl)c(Cl)c1)C(=O)O. The van der Waals surface area contributed by atoms with Crippen molar-refractivity contribution in [3.8, 4) is 0 Å². The molecule has 0 heterocycles. The second kappa shape index (κ2) is 8.14. The summed E-state index contributed by atoms with van der Waals surface area (Å²) in [6, 6.07) is 14.7. The van der Waals surface area contributed by atoms with Gasteiger partial charge in [-0.15, -0.1) is 0 Å². The first-order valence-electron chi connectivity index (χ1n) is 7.22. The number of hydrogen-bond donors (Lipinski definition) is 2. The number of nitrogens with one attached hydrogen (secondary N) is 1. The molecule has 0 spiro atoms. The summed E-state index contributed by atoms with van der Waals surface area (Å²) in [6.07, 6.45) is 1.000. The minimum atomic E-state index is -0.908. The molecular weight excluding hydrogens is 333 g/mol. The van der Waals surface area contributed by atoms with Gasteiger partial charge in [-0.25, -0.2) is 0 Å². The number of carboxylic acids is 1. The Hall–Kier alpha value is -1.84. The molecule has 0 fully saturated rings. The summed E-state index contributed by atoms with van der Waals surface area (Å²) in [4.78, 5) is 11.5. The Kier molecular flexibility index (Phi) is 6.20. The summed E-state index contributed by atoms with van der Waals surface area (Å²) in [5.41, 5.74) is 2.22. The number of aliphatic carboxylic acids is 1. The second-order valence-electron chi connectivity index (χ2n) is 5.46. The molecule has 0 radical (unpaired) electrons. The van der Waals surface area contributed by atoms with Crippen LogP contribution < -0.4 is 0 Å². The quantitative estimate of drug-likeness (QED) is 0.699. The molecule has 2 rings (SSSR count). The van der Waals surface area contributed by atoms with Crippen molar-refractivity contribution >= 4 is 34.9 Å². The van der Waals surface area contributed by atoms with Crippen molar-refractivity contribution in [2.24, 2.45) is 5.92 Å². The lowest BCUT2D eigenvalue weighted by Crippen LogP contribution is -2.21. The lowest BCUT2D eigenvalue weighted by molar-refractivity contribution is -0.141. The molecule has 23 heavy (non-hydrogen) atoms. The first-order valence-corrected chi connectivity index (χ1v) is 7.98. The van der Waals surface area contributed by atoms with Gasteiger partial charge in [0.25, 0.3) is 0 Å². The Bertz CT molecular complexity index is 701. The molecular formula is C18H17Cl2NO2. The maximum Gasteiger partial charge on any atom is 0.307 e. The number of hydrogen-bond acceptors (Lipinski definition) is 2. The monoisotopic (exact) mass is 349 g/mol. The van der Waals surface area contributed by atoms with Crippen LogP contribution in [0.25, 0.3) is 0 Å². The predicted molar refractivity (Wildman–Crippen MR) is 93.8 cm³/mol. The largest absolute Gasteiger partial charge is 0.481 e. The molecule has 0 aromatic heterocycles. The van der Waals surface area contributed by atoms with E-state index in [9.17, 15) is 9.90 Å². The maximum atomic E-state index is 11.5. The highest BCUT2D eigenvalue weighted by Gasteiger charge is 2.20. The van der Waals surface area contributed by atoms with E-state index in [4.69, 9.17) is 28.6 Å². The fourth-order valence-corrected chi connectivity index (χ4v) is 2.73. The Labute approximate surface area is 145 Å². The van der Waals surface area contributed by atoms with Crippen LogP contribution in [0.1, 0.15) is 17.5 Å². The first kappa shape index (κ1) is 17.5. The van der Waals surface area contributed by atoms with Crippen LogP contribution in [-0.4, -0.2) is 16.8 Å². The molecule has 2 aromatic carbocycles. The average Bonchev–Trinajstić information content (AvgIpc) is 2.51. The van der Waals surface area contributed by atoms with Crippen molar-refractivity contribution in [2.45, 2.75) is 19.3 Å². The zero-order chi connectivity index (χ0) is 16.8. The Balaban J connectivity index is 2.02. The minimum Gasteiger partial charge on any atom is -0.481 e. The predicted octanol–water partition coefficient (Wildman–Crippen LogP) is 4.89. The number of carboxylic acid groups (broad SMARTS) is 1. The van der Waals surface area contributed by atoms with Crippen LogP contribution in [0, 0.1) is 11.3 Å². The molecule has 0 aliphatic heterocycles. The molecule has 0 saturated heterocycles. The van der Waals surface area contributed by atoms with E-state index >= 15 is 0 Å². The van der Waals surface area contributed by atoms with E-state index in [1.165, 1.54) is 0 Å². The van der Waals surface area contributed by atoms with E-state index in [1.807, 2.05) is 30.3 Å². The highest BCUT2D eigenvalue weighted by atomic mass is 35.5. The van der Waals surface area contributed by atoms with E-state index in [2.05, 4.69) is 0 Å². The standard InChI is InChI=1S/C18H17Cl2NO2/c19-16-7-6-13(10-17(16)20)8-14(18(22)23)11-15(21)9-12-4-2-1-3-5-12/h1-7,10,14,21H,8-9,11H2,(H,22,23). The van der Waals surface area contributed by atoms with E-state index < -0.39 is 11.9 Å². The van der Waals surface area contributed by atoms with Crippen LogP contribution >= 0.6 is 23.2 Å². The molecule has 1 unspecified atom stereocenters. The molecule has 2 N–H and O–H groups in total. The summed E-state index contributed by atoms with van der Waals surface area (Å²) in [5, 5.41) is 18.4. The molecule has 120 valence electrons. The van der Waals surface area contributed by atoms with Gasteiger partial charge in [-0.05, 0) is 36.1 Å². The maximum absolute atomic E-state index is 11.5. The van der Waals surface area contributed by atoms with Crippen molar-refractivity contribution in [3.63, 3.8) is 0 Å². The summed E-state index contributed by atoms with van der Waals surface area (Å²) in [7, 11) is 0. The fraction of sp³-hybridized carbons (Fsp3) is 0.222. The van der Waals surface area contributed by atoms with Crippen LogP contribution in [0.2, 0.25) is 10.0 Å². The van der Waals surface area contributed by atoms with Gasteiger partial charge in [-0.3, -0.25) is 4.79 Å². The van der Waals surface area contributed by atoms with E-state index in [0.29, 0.717) is 28.6 Å². The summed E-state index contributed by atoms with van der Waals surface area (Å²) < 4.78 is 0. The van der Waals surface area contributed by atoms with Gasteiger partial charge in [0.2, 0.25) is 0 Å². The van der Waals surface area contributed by atoms with E-state index in [-0.39, 0.29) is 6.42 Å². The smallest absolute Gasteiger partial charge is 0.307 e. The zero-order valence-corrected chi connectivity index (χ0v) is 13.9. The Morgan fingerprint density at radius 3 is 2.35 bits per heavy atom. The minimum absolute atomic E-state index is 0.213. The third-order valence-corrected chi connectivity index (χ3v) is 4.31. The molecule has 0 amide bonds. The highest BCUT2D eigenvalue weighted by Crippen LogP contribution is 2.24. The normalized spacial score (nSPS) is 11.9. The lowest BCUT2D eigenvalue weighted by Gasteiger charge is -2.14. The number of rotatable bonds is 7. The zero-order valence-electron chi connectivity index (χ0n) is 12.4. The Morgan fingerprint density at radius 2 is 1.74 bits per heavy atom. The van der Waals surface area contributed by atoms with Gasteiger partial charge < -0.3 is 10.5 Å². The van der Waals surface area contributed by atoms with Gasteiger partial charge in [0.1, 0.15) is 0 Å².